The van der Waals surface area contributed by atoms with Crippen LogP contribution >= 0.6 is 0 Å². The normalized spacial score (nSPS) is 13.4. The van der Waals surface area contributed by atoms with Gasteiger partial charge in [-0.1, -0.05) is 18.2 Å². The van der Waals surface area contributed by atoms with Crippen molar-refractivity contribution in [2.24, 2.45) is 10.4 Å². The SMILES string of the molecule is Cc1ccccc1NN1N=N1. The van der Waals surface area contributed by atoms with Gasteiger partial charge in [0, 0.05) is 0 Å². The first-order valence-electron chi connectivity index (χ1n) is 3.40. The maximum Gasteiger partial charge on any atom is 0.0608 e. The minimum atomic E-state index is 1.04. The van der Waals surface area contributed by atoms with Crippen molar-refractivity contribution in [1.82, 2.24) is 5.23 Å². The Morgan fingerprint density at radius 2 is 2.00 bits per heavy atom. The van der Waals surface area contributed by atoms with Crippen molar-refractivity contribution in [3.63, 3.8) is 0 Å². The van der Waals surface area contributed by atoms with Gasteiger partial charge < -0.3 is 0 Å². The molecule has 0 aliphatic carbocycles. The van der Waals surface area contributed by atoms with Crippen molar-refractivity contribution in [3.05, 3.63) is 29.8 Å². The van der Waals surface area contributed by atoms with Gasteiger partial charge in [-0.2, -0.15) is 0 Å². The molecule has 4 heteroatoms. The van der Waals surface area contributed by atoms with E-state index in [-0.39, 0.29) is 0 Å². The van der Waals surface area contributed by atoms with Crippen LogP contribution < -0.4 is 5.43 Å². The van der Waals surface area contributed by atoms with E-state index in [1.807, 2.05) is 31.2 Å². The summed E-state index contributed by atoms with van der Waals surface area (Å²) in [6, 6.07) is 7.99. The number of hydrogen-bond donors (Lipinski definition) is 1. The molecule has 56 valence electrons. The Labute approximate surface area is 64.5 Å². The average molecular weight is 148 g/mol. The fraction of sp³-hybridized carbons (Fsp3) is 0.143. The first kappa shape index (κ1) is 6.15. The molecular formula is C7H8N4. The lowest BCUT2D eigenvalue weighted by Crippen LogP contribution is -2.06. The largest absolute Gasteiger partial charge is 0.258 e. The topological polar surface area (TPSA) is 39.8 Å². The highest BCUT2D eigenvalue weighted by Gasteiger charge is 2.10. The Hall–Kier alpha value is -1.58. The van der Waals surface area contributed by atoms with Crippen LogP contribution in [0, 0.1) is 6.92 Å². The highest BCUT2D eigenvalue weighted by atomic mass is 16.1. The van der Waals surface area contributed by atoms with E-state index in [0.29, 0.717) is 0 Å². The molecule has 0 fully saturated rings. The van der Waals surface area contributed by atoms with Gasteiger partial charge in [0.15, 0.2) is 0 Å². The molecule has 1 aromatic carbocycles. The van der Waals surface area contributed by atoms with Gasteiger partial charge in [0.25, 0.3) is 0 Å². The lowest BCUT2D eigenvalue weighted by molar-refractivity contribution is 0.577. The summed E-state index contributed by atoms with van der Waals surface area (Å²) in [5, 5.41) is 8.60. The minimum Gasteiger partial charge on any atom is -0.258 e. The van der Waals surface area contributed by atoms with Gasteiger partial charge in [-0.15, -0.1) is 0 Å². The van der Waals surface area contributed by atoms with Crippen LogP contribution in [-0.2, 0) is 0 Å². The third-order valence-corrected chi connectivity index (χ3v) is 1.54. The van der Waals surface area contributed by atoms with Crippen LogP contribution in [0.1, 0.15) is 5.56 Å². The number of rotatable bonds is 2. The second kappa shape index (κ2) is 2.23. The summed E-state index contributed by atoms with van der Waals surface area (Å²) in [7, 11) is 0. The summed E-state index contributed by atoms with van der Waals surface area (Å²) < 4.78 is 0. The molecule has 1 heterocycles. The number of hydrazine groups is 1. The van der Waals surface area contributed by atoms with Gasteiger partial charge in [-0.3, -0.25) is 5.43 Å². The number of anilines is 1. The van der Waals surface area contributed by atoms with Crippen LogP contribution in [0.4, 0.5) is 5.69 Å². The molecule has 1 N–H and O–H groups in total. The molecule has 4 nitrogen and oxygen atoms in total. The zero-order valence-electron chi connectivity index (χ0n) is 6.15. The predicted molar refractivity (Wildman–Crippen MR) is 41.5 cm³/mol. The summed E-state index contributed by atoms with van der Waals surface area (Å²) in [6.45, 7) is 2.03. The zero-order valence-corrected chi connectivity index (χ0v) is 6.15. The van der Waals surface area contributed by atoms with Gasteiger partial charge in [-0.25, -0.2) is 0 Å². The third kappa shape index (κ3) is 1.29. The molecule has 0 saturated heterocycles. The van der Waals surface area contributed by atoms with Crippen molar-refractivity contribution in [3.8, 4) is 0 Å². The molecule has 0 bridgehead atoms. The Bertz CT molecular complexity index is 288. The van der Waals surface area contributed by atoms with Gasteiger partial charge in [0.05, 0.1) is 5.69 Å². The maximum atomic E-state index is 3.59. The van der Waals surface area contributed by atoms with Crippen LogP contribution in [0.3, 0.4) is 0 Å². The van der Waals surface area contributed by atoms with Crippen molar-refractivity contribution in [2.45, 2.75) is 6.92 Å². The molecule has 11 heavy (non-hydrogen) atoms. The number of benzene rings is 1. The molecule has 0 atom stereocenters. The quantitative estimate of drug-likeness (QED) is 0.695. The first-order valence-corrected chi connectivity index (χ1v) is 3.40. The Morgan fingerprint density at radius 1 is 1.27 bits per heavy atom. The fourth-order valence-electron chi connectivity index (χ4n) is 0.871. The van der Waals surface area contributed by atoms with E-state index in [4.69, 9.17) is 0 Å². The monoisotopic (exact) mass is 148 g/mol. The molecule has 1 aromatic rings. The summed E-state index contributed by atoms with van der Waals surface area (Å²) in [5.41, 5.74) is 5.21. The first-order chi connectivity index (χ1) is 5.36. The Balaban J connectivity index is 2.15. The third-order valence-electron chi connectivity index (χ3n) is 1.54. The predicted octanol–water partition coefficient (Wildman–Crippen LogP) is 1.92. The smallest absolute Gasteiger partial charge is 0.0608 e. The van der Waals surface area contributed by atoms with Crippen molar-refractivity contribution in [2.75, 3.05) is 5.43 Å². The second-order valence-electron chi connectivity index (χ2n) is 2.40. The molecule has 1 aliphatic heterocycles. The molecule has 0 saturated carbocycles. The van der Waals surface area contributed by atoms with Crippen molar-refractivity contribution in [1.29, 1.82) is 0 Å². The summed E-state index contributed by atoms with van der Waals surface area (Å²) in [4.78, 5) is 0. The van der Waals surface area contributed by atoms with E-state index in [9.17, 15) is 0 Å². The number of para-hydroxylation sites is 1. The maximum absolute atomic E-state index is 3.59. The second-order valence-corrected chi connectivity index (χ2v) is 2.40. The van der Waals surface area contributed by atoms with E-state index >= 15 is 0 Å². The zero-order chi connectivity index (χ0) is 7.68. The molecule has 0 radical (unpaired) electrons. The minimum absolute atomic E-state index is 1.04. The Kier molecular flexibility index (Phi) is 1.25. The van der Waals surface area contributed by atoms with Crippen LogP contribution in [0.5, 0.6) is 0 Å². The van der Waals surface area contributed by atoms with Crippen LogP contribution in [0.15, 0.2) is 34.7 Å². The Morgan fingerprint density at radius 3 is 2.64 bits per heavy atom. The summed E-state index contributed by atoms with van der Waals surface area (Å²) in [5.74, 6) is 0. The van der Waals surface area contributed by atoms with E-state index in [1.165, 1.54) is 10.8 Å². The summed E-state index contributed by atoms with van der Waals surface area (Å²) in [6.07, 6.45) is 0. The van der Waals surface area contributed by atoms with E-state index < -0.39 is 0 Å². The van der Waals surface area contributed by atoms with Gasteiger partial charge >= 0.3 is 0 Å². The number of nitrogens with one attached hydrogen (secondary N) is 1. The fourth-order valence-corrected chi connectivity index (χ4v) is 0.871. The van der Waals surface area contributed by atoms with Crippen molar-refractivity contribution < 1.29 is 0 Å². The number of aryl methyl sites for hydroxylation is 1. The van der Waals surface area contributed by atoms with Crippen LogP contribution in [-0.4, -0.2) is 5.23 Å². The number of hydrogen-bond acceptors (Lipinski definition) is 4. The number of nitrogens with zero attached hydrogens (tertiary/aromatic N) is 3. The molecular weight excluding hydrogens is 140 g/mol. The summed E-state index contributed by atoms with van der Waals surface area (Å²) >= 11 is 0. The highest BCUT2D eigenvalue weighted by Crippen LogP contribution is 2.17. The molecule has 0 amide bonds. The van der Waals surface area contributed by atoms with Gasteiger partial charge in [0.2, 0.25) is 0 Å². The molecule has 2 rings (SSSR count). The van der Waals surface area contributed by atoms with E-state index in [2.05, 4.69) is 15.9 Å². The standard InChI is InChI=1S/C7H8N4/c1-6-4-2-3-5-7(6)8-11-9-10-11/h2-5,8H,1H3. The molecule has 0 aromatic heterocycles. The van der Waals surface area contributed by atoms with Crippen LogP contribution in [0.2, 0.25) is 0 Å². The van der Waals surface area contributed by atoms with Crippen molar-refractivity contribution >= 4 is 5.69 Å². The van der Waals surface area contributed by atoms with E-state index in [1.54, 1.807) is 0 Å². The molecule has 1 aliphatic rings. The van der Waals surface area contributed by atoms with Gasteiger partial charge in [0.1, 0.15) is 0 Å². The molecule has 0 spiro atoms. The van der Waals surface area contributed by atoms with Gasteiger partial charge in [-0.05, 0) is 34.2 Å². The average Bonchev–Trinajstić information content (AvgIpc) is 2.78. The molecule has 0 unspecified atom stereocenters. The lowest BCUT2D eigenvalue weighted by Gasteiger charge is -2.04. The highest BCUT2D eigenvalue weighted by molar-refractivity contribution is 5.49. The van der Waals surface area contributed by atoms with Crippen LogP contribution in [0.25, 0.3) is 0 Å². The lowest BCUT2D eigenvalue weighted by atomic mass is 10.2. The van der Waals surface area contributed by atoms with E-state index in [0.717, 1.165) is 5.69 Å².